The summed E-state index contributed by atoms with van der Waals surface area (Å²) in [4.78, 5) is 66.6. The van der Waals surface area contributed by atoms with Crippen LogP contribution in [0.1, 0.15) is 87.7 Å². The van der Waals surface area contributed by atoms with E-state index in [2.05, 4.69) is 122 Å². The van der Waals surface area contributed by atoms with E-state index in [0.29, 0.717) is 54.4 Å². The van der Waals surface area contributed by atoms with Crippen LogP contribution in [0.25, 0.3) is 0 Å². The lowest BCUT2D eigenvalue weighted by atomic mass is 9.89. The number of hydrogen-bond donors (Lipinski definition) is 6. The van der Waals surface area contributed by atoms with Gasteiger partial charge in [0.2, 0.25) is 0 Å². The molecule has 17 nitrogen and oxygen atoms in total. The van der Waals surface area contributed by atoms with Crippen molar-refractivity contribution in [3.05, 3.63) is 95.3 Å². The van der Waals surface area contributed by atoms with Gasteiger partial charge in [-0.05, 0) is 130 Å². The SMILES string of the molecule is CCc1cc(NC(=O)C(=O)N2C[C@H](C)CC[C@H]2c2ccc(N3CCN(C)CC3)cc2)cnc1N.CCc1cc(NC(=O)C(=O)O)cnc1N.C[C@@H]1CC[C@@H](c2ccc(N3CCN(C)CC3)cc2)NC1. The normalized spacial score (nSPS) is 20.9. The lowest BCUT2D eigenvalue weighted by molar-refractivity contribution is -0.147. The molecule has 4 aliphatic rings. The number of pyridine rings is 2. The highest BCUT2D eigenvalue weighted by Gasteiger charge is 2.34. The van der Waals surface area contributed by atoms with Crippen LogP contribution in [0.15, 0.2) is 73.1 Å². The second-order valence-electron chi connectivity index (χ2n) is 19.0. The number of nitrogens with zero attached hydrogens (tertiary/aromatic N) is 7. The van der Waals surface area contributed by atoms with Crippen LogP contribution >= 0.6 is 0 Å². The van der Waals surface area contributed by atoms with E-state index in [9.17, 15) is 19.2 Å². The van der Waals surface area contributed by atoms with Gasteiger partial charge in [-0.1, -0.05) is 52.0 Å². The largest absolute Gasteiger partial charge is 0.474 e. The molecule has 6 heterocycles. The number of aliphatic carboxylic acids is 1. The van der Waals surface area contributed by atoms with Crippen molar-refractivity contribution < 1.29 is 24.3 Å². The number of nitrogens with two attached hydrogens (primary N) is 2. The molecule has 0 radical (unpaired) electrons. The van der Waals surface area contributed by atoms with E-state index in [1.54, 1.807) is 17.0 Å². The maximum atomic E-state index is 13.3. The van der Waals surface area contributed by atoms with Crippen LogP contribution in [0, 0.1) is 11.8 Å². The number of amides is 3. The average Bonchev–Trinajstić information content (AvgIpc) is 3.36. The number of rotatable bonds is 8. The number of piperidine rings is 2. The highest BCUT2D eigenvalue weighted by atomic mass is 16.4. The van der Waals surface area contributed by atoms with E-state index in [4.69, 9.17) is 16.6 Å². The molecule has 8 rings (SSSR count). The topological polar surface area (TPSA) is 219 Å². The minimum absolute atomic E-state index is 0.105. The molecule has 8 N–H and O–H groups in total. The number of carbonyl (C=O) groups is 4. The molecule has 3 amide bonds. The number of benzene rings is 2. The average molecular weight is 947 g/mol. The molecule has 0 bridgehead atoms. The molecular formula is C52H74N12O5. The predicted octanol–water partition coefficient (Wildman–Crippen LogP) is 5.66. The summed E-state index contributed by atoms with van der Waals surface area (Å²) in [5, 5.41) is 16.9. The highest BCUT2D eigenvalue weighted by Crippen LogP contribution is 2.35. The molecule has 0 unspecified atom stereocenters. The van der Waals surface area contributed by atoms with Crippen molar-refractivity contribution in [3.8, 4) is 0 Å². The zero-order chi connectivity index (χ0) is 49.6. The first kappa shape index (κ1) is 52.1. The molecule has 2 aromatic carbocycles. The van der Waals surface area contributed by atoms with Gasteiger partial charge >= 0.3 is 23.7 Å². The van der Waals surface area contributed by atoms with Gasteiger partial charge in [0, 0.05) is 76.3 Å². The van der Waals surface area contributed by atoms with Crippen LogP contribution in [-0.4, -0.2) is 133 Å². The maximum absolute atomic E-state index is 13.3. The van der Waals surface area contributed by atoms with Crippen LogP contribution in [0.4, 0.5) is 34.4 Å². The molecule has 4 fully saturated rings. The van der Waals surface area contributed by atoms with Gasteiger partial charge in [0.05, 0.1) is 29.8 Å². The fourth-order valence-corrected chi connectivity index (χ4v) is 9.21. The van der Waals surface area contributed by atoms with Crippen LogP contribution in [0.3, 0.4) is 0 Å². The third-order valence-electron chi connectivity index (χ3n) is 13.7. The quantitative estimate of drug-likeness (QED) is 0.118. The fourth-order valence-electron chi connectivity index (χ4n) is 9.21. The fraction of sp³-hybridized carbons (Fsp3) is 0.500. The molecule has 4 aliphatic heterocycles. The molecule has 4 atom stereocenters. The first-order valence-corrected chi connectivity index (χ1v) is 24.6. The number of nitrogens with one attached hydrogen (secondary N) is 3. The minimum Gasteiger partial charge on any atom is -0.474 e. The lowest BCUT2D eigenvalue weighted by Crippen LogP contribution is -2.46. The number of likely N-dealkylation sites (tertiary alicyclic amines) is 1. The molecule has 2 aromatic heterocycles. The summed E-state index contributed by atoms with van der Waals surface area (Å²) in [6.07, 6.45) is 8.66. The molecule has 0 saturated carbocycles. The Morgan fingerprint density at radius 2 is 1.12 bits per heavy atom. The maximum Gasteiger partial charge on any atom is 0.394 e. The summed E-state index contributed by atoms with van der Waals surface area (Å²) in [5.41, 5.74) is 19.0. The number of nitrogen functional groups attached to an aromatic ring is 2. The van der Waals surface area contributed by atoms with Crippen LogP contribution in [0.2, 0.25) is 0 Å². The molecule has 4 saturated heterocycles. The van der Waals surface area contributed by atoms with E-state index >= 15 is 0 Å². The Kier molecular flexibility index (Phi) is 18.7. The van der Waals surface area contributed by atoms with Crippen LogP contribution < -0.4 is 37.2 Å². The van der Waals surface area contributed by atoms with Crippen LogP contribution in [0.5, 0.6) is 0 Å². The van der Waals surface area contributed by atoms with E-state index in [1.807, 2.05) is 13.8 Å². The number of carboxylic acids is 1. The van der Waals surface area contributed by atoms with Crippen molar-refractivity contribution in [3.63, 3.8) is 0 Å². The monoisotopic (exact) mass is 947 g/mol. The van der Waals surface area contributed by atoms with Crippen molar-refractivity contribution in [1.29, 1.82) is 0 Å². The smallest absolute Gasteiger partial charge is 0.394 e. The van der Waals surface area contributed by atoms with Gasteiger partial charge in [-0.3, -0.25) is 14.4 Å². The molecule has 0 spiro atoms. The van der Waals surface area contributed by atoms with Crippen molar-refractivity contribution in [2.24, 2.45) is 11.8 Å². The third kappa shape index (κ3) is 14.6. The molecule has 372 valence electrons. The van der Waals surface area contributed by atoms with E-state index in [-0.39, 0.29) is 6.04 Å². The van der Waals surface area contributed by atoms with Gasteiger partial charge in [-0.25, -0.2) is 14.8 Å². The number of hydrogen-bond acceptors (Lipinski definition) is 13. The van der Waals surface area contributed by atoms with Gasteiger partial charge in [-0.2, -0.15) is 0 Å². The second kappa shape index (κ2) is 24.8. The van der Waals surface area contributed by atoms with Gasteiger partial charge in [0.1, 0.15) is 11.6 Å². The van der Waals surface area contributed by atoms with Gasteiger partial charge in [0.25, 0.3) is 0 Å². The Morgan fingerprint density at radius 1 is 0.652 bits per heavy atom. The Hall–Kier alpha value is -6.30. The highest BCUT2D eigenvalue weighted by molar-refractivity contribution is 6.39. The second-order valence-corrected chi connectivity index (χ2v) is 19.0. The van der Waals surface area contributed by atoms with Gasteiger partial charge < -0.3 is 57.0 Å². The number of carboxylic acid groups (broad SMARTS) is 1. The number of likely N-dealkylation sites (N-methyl/N-ethyl adjacent to an activating group) is 2. The summed E-state index contributed by atoms with van der Waals surface area (Å²) < 4.78 is 0. The number of anilines is 6. The third-order valence-corrected chi connectivity index (χ3v) is 13.7. The summed E-state index contributed by atoms with van der Waals surface area (Å²) in [6, 6.07) is 21.6. The first-order chi connectivity index (χ1) is 33.1. The Bertz CT molecular complexity index is 2280. The molecule has 69 heavy (non-hydrogen) atoms. The van der Waals surface area contributed by atoms with Crippen molar-refractivity contribution in [2.45, 2.75) is 78.3 Å². The molecule has 4 aromatic rings. The first-order valence-electron chi connectivity index (χ1n) is 24.6. The van der Waals surface area contributed by atoms with Gasteiger partial charge in [-0.15, -0.1) is 0 Å². The minimum atomic E-state index is -1.54. The standard InChI is InChI=1S/C26H36N6O2.C17H27N3.C9H11N3O3/c1-4-19-15-21(16-28-24(19)27)29-25(33)26(34)32-17-18(2)5-10-23(32)20-6-8-22(9-7-20)31-13-11-30(3)12-14-31;1-14-3-8-17(18-13-14)15-4-6-16(7-5-15)20-11-9-19(2)10-12-20;1-2-5-3-6(4-11-7(5)10)12-8(13)9(14)15/h6-9,15-16,18,23H,4-5,10-14,17H2,1-3H3,(H2,27,28)(H,29,33);4-7,14,17-18H,3,8-13H2,1-2H3;3-4H,2H2,1H3,(H2,10,11)(H,12,13)(H,14,15)/t18-,23+;14-,17+;/m11./s1. The van der Waals surface area contributed by atoms with Gasteiger partial charge in [0.15, 0.2) is 0 Å². The number of aromatic nitrogens is 2. The van der Waals surface area contributed by atoms with Crippen molar-refractivity contribution >= 4 is 58.1 Å². The van der Waals surface area contributed by atoms with E-state index in [0.717, 1.165) is 81.3 Å². The summed E-state index contributed by atoms with van der Waals surface area (Å²) >= 11 is 0. The molecule has 0 aliphatic carbocycles. The summed E-state index contributed by atoms with van der Waals surface area (Å²) in [6.45, 7) is 18.8. The van der Waals surface area contributed by atoms with E-state index in [1.165, 1.54) is 55.3 Å². The number of carbonyl (C=O) groups excluding carboxylic acids is 3. The van der Waals surface area contributed by atoms with Crippen molar-refractivity contribution in [2.75, 3.05) is 111 Å². The number of aryl methyl sites for hydroxylation is 2. The Labute approximate surface area is 408 Å². The van der Waals surface area contributed by atoms with Crippen molar-refractivity contribution in [1.82, 2.24) is 30.0 Å². The lowest BCUT2D eigenvalue weighted by Gasteiger charge is -2.39. The zero-order valence-electron chi connectivity index (χ0n) is 41.4. The molecule has 17 heteroatoms. The Balaban J connectivity index is 0.000000189. The predicted molar refractivity (Wildman–Crippen MR) is 275 cm³/mol. The Morgan fingerprint density at radius 3 is 1.57 bits per heavy atom. The van der Waals surface area contributed by atoms with Crippen LogP contribution in [-0.2, 0) is 32.0 Å². The summed E-state index contributed by atoms with van der Waals surface area (Å²) in [7, 11) is 4.36. The number of piperazine rings is 2. The molecular weight excluding hydrogens is 873 g/mol. The zero-order valence-corrected chi connectivity index (χ0v) is 41.4. The van der Waals surface area contributed by atoms with E-state index < -0.39 is 23.7 Å². The summed E-state index contributed by atoms with van der Waals surface area (Å²) in [5.74, 6) is -1.77.